The Morgan fingerprint density at radius 3 is 2.32 bits per heavy atom. The number of anilines is 1. The van der Waals surface area contributed by atoms with E-state index in [4.69, 9.17) is 11.6 Å². The van der Waals surface area contributed by atoms with Gasteiger partial charge in [-0.05, 0) is 48.9 Å². The van der Waals surface area contributed by atoms with Crippen molar-refractivity contribution >= 4 is 29.0 Å². The van der Waals surface area contributed by atoms with Gasteiger partial charge in [0.1, 0.15) is 0 Å². The van der Waals surface area contributed by atoms with Crippen molar-refractivity contribution in [2.45, 2.75) is 13.5 Å². The zero-order chi connectivity index (χ0) is 20.1. The third-order valence-electron chi connectivity index (χ3n) is 5.10. The first-order valence-electron chi connectivity index (χ1n) is 9.49. The van der Waals surface area contributed by atoms with Crippen molar-refractivity contribution in [3.63, 3.8) is 0 Å². The second-order valence-corrected chi connectivity index (χ2v) is 7.68. The minimum absolute atomic E-state index is 0.0803. The average molecular weight is 400 g/mol. The van der Waals surface area contributed by atoms with E-state index in [0.717, 1.165) is 43.0 Å². The molecule has 2 aromatic carbocycles. The third kappa shape index (κ3) is 5.33. The van der Waals surface area contributed by atoms with Gasteiger partial charge in [0.25, 0.3) is 0 Å². The summed E-state index contributed by atoms with van der Waals surface area (Å²) in [6, 6.07) is 15.3. The number of halogens is 1. The van der Waals surface area contributed by atoms with Crippen molar-refractivity contribution in [3.8, 4) is 0 Å². The number of likely N-dealkylation sites (N-methyl/N-ethyl adjacent to an activating group) is 1. The predicted octanol–water partition coefficient (Wildman–Crippen LogP) is 3.32. The topological polar surface area (TPSA) is 43.9 Å². The highest BCUT2D eigenvalue weighted by molar-refractivity contribution is 6.30. The van der Waals surface area contributed by atoms with Gasteiger partial charge in [0.05, 0.1) is 6.54 Å². The van der Waals surface area contributed by atoms with Gasteiger partial charge in [0, 0.05) is 56.0 Å². The molecule has 2 aromatic rings. The van der Waals surface area contributed by atoms with Crippen LogP contribution in [0.15, 0.2) is 48.5 Å². The summed E-state index contributed by atoms with van der Waals surface area (Å²) in [5.41, 5.74) is 2.88. The minimum atomic E-state index is 0.0803. The van der Waals surface area contributed by atoms with Crippen molar-refractivity contribution in [3.05, 3.63) is 64.7 Å². The Bertz CT molecular complexity index is 830. The lowest BCUT2D eigenvalue weighted by atomic mass is 10.1. The molecular formula is C22H26ClN3O2. The van der Waals surface area contributed by atoms with Gasteiger partial charge in [-0.2, -0.15) is 0 Å². The molecule has 0 spiro atoms. The van der Waals surface area contributed by atoms with Crippen molar-refractivity contribution in [2.75, 3.05) is 44.7 Å². The van der Waals surface area contributed by atoms with Gasteiger partial charge in [-0.15, -0.1) is 0 Å². The van der Waals surface area contributed by atoms with Gasteiger partial charge in [-0.3, -0.25) is 14.5 Å². The SMILES string of the molecule is CC(=O)c1ccc(N2CCN(CC(=O)N(C)Cc3cccc(Cl)c3)CC2)cc1. The molecule has 28 heavy (non-hydrogen) atoms. The minimum Gasteiger partial charge on any atom is -0.369 e. The molecule has 0 aliphatic carbocycles. The van der Waals surface area contributed by atoms with Crippen LogP contribution in [0.25, 0.3) is 0 Å². The number of ketones is 1. The molecule has 0 saturated carbocycles. The fourth-order valence-corrected chi connectivity index (χ4v) is 3.59. The van der Waals surface area contributed by atoms with Crippen LogP contribution in [0.4, 0.5) is 5.69 Å². The van der Waals surface area contributed by atoms with Gasteiger partial charge < -0.3 is 9.80 Å². The molecule has 1 fully saturated rings. The molecular weight excluding hydrogens is 374 g/mol. The summed E-state index contributed by atoms with van der Waals surface area (Å²) in [6.07, 6.45) is 0. The molecule has 6 heteroatoms. The number of Topliss-reactive ketones (excluding diaryl/α,β-unsaturated/α-hetero) is 1. The van der Waals surface area contributed by atoms with Crippen LogP contribution < -0.4 is 4.90 Å². The Morgan fingerprint density at radius 2 is 1.71 bits per heavy atom. The molecule has 0 unspecified atom stereocenters. The lowest BCUT2D eigenvalue weighted by molar-refractivity contribution is -0.131. The van der Waals surface area contributed by atoms with E-state index in [2.05, 4.69) is 9.80 Å². The highest BCUT2D eigenvalue weighted by atomic mass is 35.5. The Hall–Kier alpha value is -2.37. The molecule has 1 amide bonds. The molecule has 148 valence electrons. The number of amides is 1. The molecule has 0 aromatic heterocycles. The van der Waals surface area contributed by atoms with E-state index in [1.165, 1.54) is 0 Å². The largest absolute Gasteiger partial charge is 0.369 e. The van der Waals surface area contributed by atoms with E-state index in [9.17, 15) is 9.59 Å². The van der Waals surface area contributed by atoms with Crippen LogP contribution in [0.1, 0.15) is 22.8 Å². The summed E-state index contributed by atoms with van der Waals surface area (Å²) < 4.78 is 0. The van der Waals surface area contributed by atoms with Crippen molar-refractivity contribution < 1.29 is 9.59 Å². The second-order valence-electron chi connectivity index (χ2n) is 7.25. The normalized spacial score (nSPS) is 14.8. The molecule has 3 rings (SSSR count). The predicted molar refractivity (Wildman–Crippen MR) is 113 cm³/mol. The van der Waals surface area contributed by atoms with Crippen LogP contribution in [-0.2, 0) is 11.3 Å². The Labute approximate surface area is 171 Å². The monoisotopic (exact) mass is 399 g/mol. The highest BCUT2D eigenvalue weighted by Crippen LogP contribution is 2.18. The average Bonchev–Trinajstić information content (AvgIpc) is 2.68. The van der Waals surface area contributed by atoms with E-state index < -0.39 is 0 Å². The zero-order valence-electron chi connectivity index (χ0n) is 16.4. The second kappa shape index (κ2) is 9.22. The van der Waals surface area contributed by atoms with Crippen molar-refractivity contribution in [1.82, 2.24) is 9.80 Å². The number of hydrogen-bond donors (Lipinski definition) is 0. The molecule has 0 atom stereocenters. The van der Waals surface area contributed by atoms with Crippen molar-refractivity contribution in [2.24, 2.45) is 0 Å². The number of carbonyl (C=O) groups is 2. The summed E-state index contributed by atoms with van der Waals surface area (Å²) in [7, 11) is 1.83. The Balaban J connectivity index is 1.48. The van der Waals surface area contributed by atoms with Gasteiger partial charge in [0.2, 0.25) is 5.91 Å². The van der Waals surface area contributed by atoms with Crippen molar-refractivity contribution in [1.29, 1.82) is 0 Å². The van der Waals surface area contributed by atoms with E-state index in [1.807, 2.05) is 55.6 Å². The fourth-order valence-electron chi connectivity index (χ4n) is 3.38. The Kier molecular flexibility index (Phi) is 6.70. The maximum Gasteiger partial charge on any atom is 0.236 e. The lowest BCUT2D eigenvalue weighted by Gasteiger charge is -2.36. The van der Waals surface area contributed by atoms with Crippen LogP contribution in [-0.4, -0.2) is 61.3 Å². The number of benzene rings is 2. The molecule has 0 radical (unpaired) electrons. The third-order valence-corrected chi connectivity index (χ3v) is 5.34. The summed E-state index contributed by atoms with van der Waals surface area (Å²) in [5.74, 6) is 0.191. The standard InChI is InChI=1S/C22H26ClN3O2/c1-17(27)19-6-8-21(9-7-19)26-12-10-25(11-13-26)16-22(28)24(2)15-18-4-3-5-20(23)14-18/h3-9,14H,10-13,15-16H2,1-2H3. The van der Waals surface area contributed by atoms with E-state index in [1.54, 1.807) is 11.8 Å². The maximum atomic E-state index is 12.6. The van der Waals surface area contributed by atoms with Crippen LogP contribution in [0.2, 0.25) is 5.02 Å². The molecule has 0 N–H and O–H groups in total. The molecule has 1 saturated heterocycles. The summed E-state index contributed by atoms with van der Waals surface area (Å²) in [6.45, 7) is 5.97. The number of nitrogens with zero attached hydrogens (tertiary/aromatic N) is 3. The first-order valence-corrected chi connectivity index (χ1v) is 9.87. The smallest absolute Gasteiger partial charge is 0.236 e. The van der Waals surface area contributed by atoms with E-state index in [0.29, 0.717) is 18.1 Å². The summed E-state index contributed by atoms with van der Waals surface area (Å²) in [5, 5.41) is 0.686. The summed E-state index contributed by atoms with van der Waals surface area (Å²) in [4.78, 5) is 30.2. The lowest BCUT2D eigenvalue weighted by Crippen LogP contribution is -2.49. The number of carbonyl (C=O) groups excluding carboxylic acids is 2. The van der Waals surface area contributed by atoms with Crippen LogP contribution in [0, 0.1) is 0 Å². The first-order chi connectivity index (χ1) is 13.4. The Morgan fingerprint density at radius 1 is 1.04 bits per heavy atom. The fraction of sp³-hybridized carbons (Fsp3) is 0.364. The van der Waals surface area contributed by atoms with Gasteiger partial charge in [-0.25, -0.2) is 0 Å². The van der Waals surface area contributed by atoms with Gasteiger partial charge >= 0.3 is 0 Å². The van der Waals surface area contributed by atoms with E-state index in [-0.39, 0.29) is 11.7 Å². The van der Waals surface area contributed by atoms with E-state index >= 15 is 0 Å². The molecule has 1 aliphatic rings. The van der Waals surface area contributed by atoms with Crippen LogP contribution in [0.3, 0.4) is 0 Å². The van der Waals surface area contributed by atoms with Gasteiger partial charge in [0.15, 0.2) is 5.78 Å². The maximum absolute atomic E-state index is 12.6. The quantitative estimate of drug-likeness (QED) is 0.699. The zero-order valence-corrected chi connectivity index (χ0v) is 17.2. The number of hydrogen-bond acceptors (Lipinski definition) is 4. The molecule has 1 aliphatic heterocycles. The highest BCUT2D eigenvalue weighted by Gasteiger charge is 2.21. The van der Waals surface area contributed by atoms with Gasteiger partial charge in [-0.1, -0.05) is 23.7 Å². The number of rotatable bonds is 6. The van der Waals surface area contributed by atoms with Crippen LogP contribution in [0.5, 0.6) is 0 Å². The molecule has 0 bridgehead atoms. The van der Waals surface area contributed by atoms with Crippen LogP contribution >= 0.6 is 11.6 Å². The molecule has 1 heterocycles. The number of piperazine rings is 1. The first kappa shape index (κ1) is 20.4. The summed E-state index contributed by atoms with van der Waals surface area (Å²) >= 11 is 6.02. The molecule has 5 nitrogen and oxygen atoms in total.